The second-order valence-electron chi connectivity index (χ2n) is 7.04. The van der Waals surface area contributed by atoms with Crippen LogP contribution in [0, 0.1) is 11.3 Å². The van der Waals surface area contributed by atoms with Crippen LogP contribution in [0.4, 0.5) is 11.4 Å². The van der Waals surface area contributed by atoms with Gasteiger partial charge in [-0.15, -0.1) is 0 Å². The SMILES string of the molecule is CN1C(=C(C#N)C(=O)COC(=O)Cc2c[nH]c3ccccc23)N(C)c2ccccc21. The molecule has 0 saturated heterocycles. The van der Waals surface area contributed by atoms with Crippen LogP contribution in [0.2, 0.25) is 0 Å². The molecule has 0 atom stereocenters. The molecule has 0 radical (unpaired) electrons. The maximum absolute atomic E-state index is 12.7. The van der Waals surface area contributed by atoms with Crippen molar-refractivity contribution in [1.29, 1.82) is 5.26 Å². The largest absolute Gasteiger partial charge is 0.457 e. The summed E-state index contributed by atoms with van der Waals surface area (Å²) >= 11 is 0. The number of para-hydroxylation sites is 3. The molecule has 3 aromatic rings. The van der Waals surface area contributed by atoms with E-state index in [1.165, 1.54) is 0 Å². The number of benzene rings is 2. The smallest absolute Gasteiger partial charge is 0.310 e. The Balaban J connectivity index is 1.47. The Morgan fingerprint density at radius 3 is 2.33 bits per heavy atom. The van der Waals surface area contributed by atoms with E-state index in [2.05, 4.69) is 4.98 Å². The molecule has 7 heteroatoms. The molecule has 2 heterocycles. The quantitative estimate of drug-likeness (QED) is 0.402. The maximum Gasteiger partial charge on any atom is 0.310 e. The first-order valence-corrected chi connectivity index (χ1v) is 9.46. The zero-order valence-electron chi connectivity index (χ0n) is 16.7. The highest BCUT2D eigenvalue weighted by Crippen LogP contribution is 2.40. The van der Waals surface area contributed by atoms with E-state index in [1.54, 1.807) is 30.1 Å². The van der Waals surface area contributed by atoms with Crippen LogP contribution < -0.4 is 9.80 Å². The second kappa shape index (κ2) is 7.76. The van der Waals surface area contributed by atoms with E-state index in [0.29, 0.717) is 5.82 Å². The molecule has 0 fully saturated rings. The number of fused-ring (bicyclic) bond motifs is 2. The van der Waals surface area contributed by atoms with Crippen molar-refractivity contribution >= 4 is 34.0 Å². The van der Waals surface area contributed by atoms with Gasteiger partial charge in [-0.05, 0) is 23.8 Å². The Hall–Kier alpha value is -4.05. The van der Waals surface area contributed by atoms with Crippen molar-refractivity contribution < 1.29 is 14.3 Å². The number of nitrogens with one attached hydrogen (secondary N) is 1. The summed E-state index contributed by atoms with van der Waals surface area (Å²) < 4.78 is 5.19. The highest BCUT2D eigenvalue weighted by Gasteiger charge is 2.31. The molecular formula is C23H20N4O3. The van der Waals surface area contributed by atoms with E-state index in [0.717, 1.165) is 27.8 Å². The van der Waals surface area contributed by atoms with Gasteiger partial charge in [0.25, 0.3) is 0 Å². The summed E-state index contributed by atoms with van der Waals surface area (Å²) in [5.41, 5.74) is 3.47. The lowest BCUT2D eigenvalue weighted by Gasteiger charge is -2.19. The van der Waals surface area contributed by atoms with Crippen molar-refractivity contribution in [2.75, 3.05) is 30.5 Å². The van der Waals surface area contributed by atoms with Crippen LogP contribution in [0.5, 0.6) is 0 Å². The number of hydrogen-bond acceptors (Lipinski definition) is 6. The number of Topliss-reactive ketones (excluding diaryl/α,β-unsaturated/α-hetero) is 1. The third kappa shape index (κ3) is 3.29. The number of ether oxygens (including phenoxy) is 1. The predicted octanol–water partition coefficient (Wildman–Crippen LogP) is 3.14. The molecule has 30 heavy (non-hydrogen) atoms. The molecule has 0 aliphatic carbocycles. The number of H-pyrrole nitrogens is 1. The molecule has 0 amide bonds. The lowest BCUT2D eigenvalue weighted by Crippen LogP contribution is -2.28. The number of aromatic amines is 1. The topological polar surface area (TPSA) is 89.4 Å². The number of carbonyl (C=O) groups is 2. The lowest BCUT2D eigenvalue weighted by molar-refractivity contribution is -0.146. The standard InChI is InChI=1S/C23H20N4O3/c1-26-19-9-5-6-10-20(19)27(2)23(26)17(12-24)21(28)14-30-22(29)11-15-13-25-18-8-4-3-7-16(15)18/h3-10,13,25H,11,14H2,1-2H3. The molecule has 2 aromatic carbocycles. The molecule has 150 valence electrons. The molecular weight excluding hydrogens is 380 g/mol. The van der Waals surface area contributed by atoms with Gasteiger partial charge in [-0.25, -0.2) is 0 Å². The van der Waals surface area contributed by atoms with Crippen LogP contribution in [0.25, 0.3) is 10.9 Å². The zero-order chi connectivity index (χ0) is 21.3. The Kier molecular flexibility index (Phi) is 4.98. The number of ketones is 1. The van der Waals surface area contributed by atoms with Crippen LogP contribution >= 0.6 is 0 Å². The normalized spacial score (nSPS) is 12.6. The van der Waals surface area contributed by atoms with Gasteiger partial charge in [0.2, 0.25) is 5.78 Å². The van der Waals surface area contributed by atoms with E-state index in [1.807, 2.05) is 54.6 Å². The van der Waals surface area contributed by atoms with Gasteiger partial charge in [0.1, 0.15) is 17.5 Å². The number of nitrogens with zero attached hydrogens (tertiary/aromatic N) is 3. The molecule has 1 N–H and O–H groups in total. The average Bonchev–Trinajstić information content (AvgIpc) is 3.27. The molecule has 0 spiro atoms. The average molecular weight is 400 g/mol. The van der Waals surface area contributed by atoms with Crippen LogP contribution in [-0.2, 0) is 20.7 Å². The Morgan fingerprint density at radius 1 is 1.03 bits per heavy atom. The van der Waals surface area contributed by atoms with Crippen LogP contribution in [0.1, 0.15) is 5.56 Å². The summed E-state index contributed by atoms with van der Waals surface area (Å²) in [6, 6.07) is 17.3. The van der Waals surface area contributed by atoms with Gasteiger partial charge in [-0.2, -0.15) is 5.26 Å². The number of carbonyl (C=O) groups excluding carboxylic acids is 2. The van der Waals surface area contributed by atoms with Crippen LogP contribution in [-0.4, -0.2) is 37.4 Å². The van der Waals surface area contributed by atoms with E-state index in [-0.39, 0.29) is 12.0 Å². The maximum atomic E-state index is 12.7. The van der Waals surface area contributed by atoms with E-state index < -0.39 is 18.4 Å². The number of esters is 1. The fourth-order valence-electron chi connectivity index (χ4n) is 3.76. The third-order valence-corrected chi connectivity index (χ3v) is 5.23. The van der Waals surface area contributed by atoms with E-state index in [4.69, 9.17) is 4.74 Å². The second-order valence-corrected chi connectivity index (χ2v) is 7.04. The van der Waals surface area contributed by atoms with E-state index in [9.17, 15) is 14.9 Å². The minimum Gasteiger partial charge on any atom is -0.457 e. The molecule has 1 aliphatic heterocycles. The Morgan fingerprint density at radius 2 is 1.67 bits per heavy atom. The molecule has 1 aromatic heterocycles. The van der Waals surface area contributed by atoms with Crippen molar-refractivity contribution in [2.24, 2.45) is 0 Å². The van der Waals surface area contributed by atoms with Crippen molar-refractivity contribution in [3.63, 3.8) is 0 Å². The summed E-state index contributed by atoms with van der Waals surface area (Å²) in [6.45, 7) is -0.481. The van der Waals surface area contributed by atoms with Gasteiger partial charge >= 0.3 is 5.97 Å². The predicted molar refractivity (Wildman–Crippen MR) is 114 cm³/mol. The monoisotopic (exact) mass is 400 g/mol. The van der Waals surface area contributed by atoms with Gasteiger partial charge in [-0.1, -0.05) is 30.3 Å². The van der Waals surface area contributed by atoms with Gasteiger partial charge in [0, 0.05) is 31.2 Å². The highest BCUT2D eigenvalue weighted by molar-refractivity contribution is 6.04. The van der Waals surface area contributed by atoms with Crippen molar-refractivity contribution in [2.45, 2.75) is 6.42 Å². The summed E-state index contributed by atoms with van der Waals surface area (Å²) in [5.74, 6) is -0.588. The Bertz CT molecular complexity index is 1190. The first-order chi connectivity index (χ1) is 14.5. The number of nitriles is 1. The number of rotatable bonds is 5. The van der Waals surface area contributed by atoms with Gasteiger partial charge in [0.05, 0.1) is 17.8 Å². The summed E-state index contributed by atoms with van der Waals surface area (Å²) in [4.78, 5) is 31.7. The summed E-state index contributed by atoms with van der Waals surface area (Å²) in [5, 5.41) is 10.6. The fourth-order valence-corrected chi connectivity index (χ4v) is 3.76. The highest BCUT2D eigenvalue weighted by atomic mass is 16.5. The van der Waals surface area contributed by atoms with Gasteiger partial charge < -0.3 is 19.5 Å². The molecule has 0 unspecified atom stereocenters. The summed E-state index contributed by atoms with van der Waals surface area (Å²) in [7, 11) is 3.59. The zero-order valence-corrected chi connectivity index (χ0v) is 16.7. The van der Waals surface area contributed by atoms with Gasteiger partial charge in [-0.3, -0.25) is 9.59 Å². The van der Waals surface area contributed by atoms with Crippen molar-refractivity contribution in [3.8, 4) is 6.07 Å². The van der Waals surface area contributed by atoms with Gasteiger partial charge in [0.15, 0.2) is 6.61 Å². The van der Waals surface area contributed by atoms with Crippen LogP contribution in [0.3, 0.4) is 0 Å². The number of anilines is 2. The van der Waals surface area contributed by atoms with Crippen molar-refractivity contribution in [3.05, 3.63) is 71.7 Å². The Labute approximate surface area is 173 Å². The molecule has 0 bridgehead atoms. The number of aromatic nitrogens is 1. The minimum absolute atomic E-state index is 0.0427. The summed E-state index contributed by atoms with van der Waals surface area (Å²) in [6.07, 6.45) is 1.80. The third-order valence-electron chi connectivity index (χ3n) is 5.23. The van der Waals surface area contributed by atoms with E-state index >= 15 is 0 Å². The first kappa shape index (κ1) is 19.3. The van der Waals surface area contributed by atoms with Crippen LogP contribution in [0.15, 0.2) is 66.1 Å². The number of hydrogen-bond donors (Lipinski definition) is 1. The molecule has 4 rings (SSSR count). The lowest BCUT2D eigenvalue weighted by atomic mass is 10.1. The fraction of sp³-hybridized carbons (Fsp3) is 0.174. The molecule has 1 aliphatic rings. The first-order valence-electron chi connectivity index (χ1n) is 9.46. The molecule has 0 saturated carbocycles. The molecule has 7 nitrogen and oxygen atoms in total. The van der Waals surface area contributed by atoms with Crippen molar-refractivity contribution in [1.82, 2.24) is 4.98 Å². The minimum atomic E-state index is -0.536.